The largest absolute Gasteiger partial charge is 0.349 e. The van der Waals surface area contributed by atoms with Crippen molar-refractivity contribution in [3.8, 4) is 6.07 Å². The Bertz CT molecular complexity index is 649. The molecule has 1 aromatic rings. The van der Waals surface area contributed by atoms with Crippen molar-refractivity contribution in [1.29, 1.82) is 5.26 Å². The minimum Gasteiger partial charge on any atom is -0.349 e. The number of fused-ring (bicyclic) bond motifs is 1. The van der Waals surface area contributed by atoms with E-state index in [2.05, 4.69) is 6.07 Å². The van der Waals surface area contributed by atoms with Crippen molar-refractivity contribution < 1.29 is 28.4 Å². The average Bonchev–Trinajstić information content (AvgIpc) is 2.68. The molecule has 0 N–H and O–H groups in total. The lowest BCUT2D eigenvalue weighted by Crippen LogP contribution is -2.70. The van der Waals surface area contributed by atoms with E-state index in [4.69, 9.17) is 28.4 Å². The van der Waals surface area contributed by atoms with Crippen LogP contribution in [0.4, 0.5) is 0 Å². The highest BCUT2D eigenvalue weighted by atomic mass is 16.8. The zero-order chi connectivity index (χ0) is 18.8. The van der Waals surface area contributed by atoms with E-state index >= 15 is 0 Å². The van der Waals surface area contributed by atoms with Crippen LogP contribution in [0.3, 0.4) is 0 Å². The molecule has 0 bridgehead atoms. The Labute approximate surface area is 153 Å². The zero-order valence-corrected chi connectivity index (χ0v) is 15.5. The molecule has 7 nitrogen and oxygen atoms in total. The lowest BCUT2D eigenvalue weighted by molar-refractivity contribution is -0.475. The van der Waals surface area contributed by atoms with Gasteiger partial charge in [0.1, 0.15) is 12.2 Å². The van der Waals surface area contributed by atoms with Crippen LogP contribution in [0.25, 0.3) is 0 Å². The van der Waals surface area contributed by atoms with Crippen molar-refractivity contribution >= 4 is 0 Å². The molecule has 2 aliphatic heterocycles. The minimum absolute atomic E-state index is 0.198. The number of nitrogens with zero attached hydrogens (tertiary/aromatic N) is 1. The fraction of sp³-hybridized carbons (Fsp3) is 0.632. The normalized spacial score (nSPS) is 39.8. The van der Waals surface area contributed by atoms with E-state index in [9.17, 15) is 5.26 Å². The van der Waals surface area contributed by atoms with Gasteiger partial charge in [0.15, 0.2) is 6.29 Å². The molecule has 2 saturated heterocycles. The SMILES string of the molecule is CO[C@]1(C)O[C@@H]2[C@H](OCc3ccccc3)OC[C@@H](C#N)[C@H]2O[C@@]1(C)OC. The van der Waals surface area contributed by atoms with Gasteiger partial charge in [0.05, 0.1) is 25.2 Å². The average molecular weight is 363 g/mol. The van der Waals surface area contributed by atoms with Crippen LogP contribution in [0.15, 0.2) is 30.3 Å². The number of nitriles is 1. The first-order valence-corrected chi connectivity index (χ1v) is 8.59. The third-order valence-corrected chi connectivity index (χ3v) is 5.18. The molecule has 0 spiro atoms. The molecule has 3 rings (SSSR count). The van der Waals surface area contributed by atoms with Crippen molar-refractivity contribution in [2.45, 2.75) is 50.5 Å². The maximum Gasteiger partial charge on any atom is 0.220 e. The van der Waals surface area contributed by atoms with Gasteiger partial charge in [-0.05, 0) is 19.4 Å². The molecule has 7 heteroatoms. The Morgan fingerprint density at radius 3 is 2.27 bits per heavy atom. The molecule has 0 aliphatic carbocycles. The highest BCUT2D eigenvalue weighted by molar-refractivity contribution is 5.13. The Kier molecular flexibility index (Phi) is 5.63. The predicted molar refractivity (Wildman–Crippen MR) is 90.6 cm³/mol. The van der Waals surface area contributed by atoms with Gasteiger partial charge in [-0.1, -0.05) is 30.3 Å². The van der Waals surface area contributed by atoms with Gasteiger partial charge in [0, 0.05) is 14.2 Å². The lowest BCUT2D eigenvalue weighted by atomic mass is 9.92. The third-order valence-electron chi connectivity index (χ3n) is 5.18. The summed E-state index contributed by atoms with van der Waals surface area (Å²) in [6.07, 6.45) is -1.85. The van der Waals surface area contributed by atoms with Crippen LogP contribution >= 0.6 is 0 Å². The van der Waals surface area contributed by atoms with Gasteiger partial charge >= 0.3 is 0 Å². The summed E-state index contributed by atoms with van der Waals surface area (Å²) in [6.45, 7) is 4.03. The molecule has 2 heterocycles. The summed E-state index contributed by atoms with van der Waals surface area (Å²) in [5.74, 6) is -2.84. The standard InChI is InChI=1S/C19H25NO6/c1-18(21-3)19(2,22-4)26-16-15(25-18)14(10-20)12-24-17(16)23-11-13-8-6-5-7-9-13/h5-9,14-17H,11-12H2,1-4H3/t14-,15-,16+,17-,18-,19-/m1/s1. The van der Waals surface area contributed by atoms with Crippen LogP contribution in [-0.4, -0.2) is 50.9 Å². The van der Waals surface area contributed by atoms with Gasteiger partial charge in [-0.3, -0.25) is 0 Å². The van der Waals surface area contributed by atoms with Crippen molar-refractivity contribution in [1.82, 2.24) is 0 Å². The van der Waals surface area contributed by atoms with Gasteiger partial charge in [-0.15, -0.1) is 0 Å². The molecule has 0 saturated carbocycles. The van der Waals surface area contributed by atoms with E-state index in [-0.39, 0.29) is 6.61 Å². The molecule has 26 heavy (non-hydrogen) atoms. The first-order chi connectivity index (χ1) is 12.5. The minimum atomic E-state index is -1.18. The Morgan fingerprint density at radius 1 is 1.08 bits per heavy atom. The predicted octanol–water partition coefficient (Wildman–Crippen LogP) is 2.21. The first-order valence-electron chi connectivity index (χ1n) is 8.59. The molecule has 6 atom stereocenters. The molecule has 0 amide bonds. The van der Waals surface area contributed by atoms with Crippen molar-refractivity contribution in [2.24, 2.45) is 5.92 Å². The second-order valence-corrected chi connectivity index (χ2v) is 6.70. The fourth-order valence-corrected chi connectivity index (χ4v) is 3.25. The Hall–Kier alpha value is -1.53. The summed E-state index contributed by atoms with van der Waals surface area (Å²) in [7, 11) is 3.04. The lowest BCUT2D eigenvalue weighted by Gasteiger charge is -2.55. The van der Waals surface area contributed by atoms with Gasteiger partial charge in [0.2, 0.25) is 11.6 Å². The zero-order valence-electron chi connectivity index (χ0n) is 15.5. The van der Waals surface area contributed by atoms with Gasteiger partial charge < -0.3 is 28.4 Å². The van der Waals surface area contributed by atoms with Gasteiger partial charge in [0.25, 0.3) is 0 Å². The maximum absolute atomic E-state index is 9.48. The number of benzene rings is 1. The number of hydrogen-bond acceptors (Lipinski definition) is 7. The first kappa shape index (κ1) is 19.2. The highest BCUT2D eigenvalue weighted by Gasteiger charge is 2.61. The van der Waals surface area contributed by atoms with E-state index in [0.717, 1.165) is 5.56 Å². The number of hydrogen-bond donors (Lipinski definition) is 0. The molecule has 1 aromatic carbocycles. The highest BCUT2D eigenvalue weighted by Crippen LogP contribution is 2.44. The summed E-state index contributed by atoms with van der Waals surface area (Å²) in [4.78, 5) is 0. The fourth-order valence-electron chi connectivity index (χ4n) is 3.25. The second-order valence-electron chi connectivity index (χ2n) is 6.70. The van der Waals surface area contributed by atoms with Crippen LogP contribution < -0.4 is 0 Å². The van der Waals surface area contributed by atoms with Crippen molar-refractivity contribution in [3.05, 3.63) is 35.9 Å². The summed E-state index contributed by atoms with van der Waals surface area (Å²) in [6, 6.07) is 12.0. The van der Waals surface area contributed by atoms with Crippen LogP contribution in [-0.2, 0) is 35.0 Å². The van der Waals surface area contributed by atoms with E-state index < -0.39 is 36.0 Å². The molecular formula is C19H25NO6. The van der Waals surface area contributed by atoms with Crippen LogP contribution in [0.1, 0.15) is 19.4 Å². The third kappa shape index (κ3) is 3.37. The molecular weight excluding hydrogens is 338 g/mol. The second kappa shape index (κ2) is 7.61. The van der Waals surface area contributed by atoms with Crippen molar-refractivity contribution in [2.75, 3.05) is 20.8 Å². The van der Waals surface area contributed by atoms with E-state index in [0.29, 0.717) is 6.61 Å². The summed E-state index contributed by atoms with van der Waals surface area (Å²) >= 11 is 0. The smallest absolute Gasteiger partial charge is 0.220 e. The monoisotopic (exact) mass is 363 g/mol. The summed E-state index contributed by atoms with van der Waals surface area (Å²) in [5.41, 5.74) is 1.02. The Morgan fingerprint density at radius 2 is 1.69 bits per heavy atom. The summed E-state index contributed by atoms with van der Waals surface area (Å²) in [5, 5.41) is 9.48. The van der Waals surface area contributed by atoms with Gasteiger partial charge in [-0.2, -0.15) is 5.26 Å². The quantitative estimate of drug-likeness (QED) is 0.793. The number of methoxy groups -OCH3 is 2. The van der Waals surface area contributed by atoms with Crippen LogP contribution in [0.5, 0.6) is 0 Å². The van der Waals surface area contributed by atoms with E-state index in [1.165, 1.54) is 14.2 Å². The molecule has 2 fully saturated rings. The summed E-state index contributed by atoms with van der Waals surface area (Å²) < 4.78 is 35.1. The van der Waals surface area contributed by atoms with Crippen LogP contribution in [0, 0.1) is 17.2 Å². The molecule has 2 aliphatic rings. The Balaban J connectivity index is 1.80. The molecule has 0 radical (unpaired) electrons. The molecule has 142 valence electrons. The number of ether oxygens (including phenoxy) is 6. The van der Waals surface area contributed by atoms with Crippen LogP contribution in [0.2, 0.25) is 0 Å². The topological polar surface area (TPSA) is 79.2 Å². The molecule has 0 unspecified atom stereocenters. The van der Waals surface area contributed by atoms with Gasteiger partial charge in [-0.25, -0.2) is 0 Å². The van der Waals surface area contributed by atoms with Crippen molar-refractivity contribution in [3.63, 3.8) is 0 Å². The number of rotatable bonds is 5. The maximum atomic E-state index is 9.48. The molecule has 0 aromatic heterocycles. The van der Waals surface area contributed by atoms with E-state index in [1.807, 2.05) is 30.3 Å². The van der Waals surface area contributed by atoms with E-state index in [1.54, 1.807) is 13.8 Å².